The predicted octanol–water partition coefficient (Wildman–Crippen LogP) is 1.80. The quantitative estimate of drug-likeness (QED) is 0.722. The minimum Gasteiger partial charge on any atom is -0.490 e. The summed E-state index contributed by atoms with van der Waals surface area (Å²) in [6.45, 7) is 4.94. The summed E-state index contributed by atoms with van der Waals surface area (Å²) in [5, 5.41) is 13.0. The Labute approximate surface area is 109 Å². The number of para-hydroxylation sites is 1. The zero-order valence-corrected chi connectivity index (χ0v) is 11.0. The van der Waals surface area contributed by atoms with E-state index in [0.717, 1.165) is 6.42 Å². The first-order valence-electron chi connectivity index (χ1n) is 6.27. The maximum Gasteiger partial charge on any atom is 0.135 e. The molecule has 0 fully saturated rings. The van der Waals surface area contributed by atoms with Crippen LogP contribution in [0, 0.1) is 12.3 Å². The van der Waals surface area contributed by atoms with Gasteiger partial charge in [0.1, 0.15) is 18.5 Å². The van der Waals surface area contributed by atoms with E-state index in [1.807, 2.05) is 24.3 Å². The Morgan fingerprint density at radius 2 is 2.17 bits per heavy atom. The molecule has 1 aromatic rings. The van der Waals surface area contributed by atoms with Crippen molar-refractivity contribution in [1.82, 2.24) is 5.32 Å². The molecule has 0 spiro atoms. The fourth-order valence-electron chi connectivity index (χ4n) is 1.44. The fraction of sp³-hybridized carbons (Fsp3) is 0.467. The number of rotatable bonds is 7. The summed E-state index contributed by atoms with van der Waals surface area (Å²) in [5.41, 5.74) is 0.708. The molecule has 1 aromatic carbocycles. The summed E-state index contributed by atoms with van der Waals surface area (Å²) in [4.78, 5) is 0. The van der Waals surface area contributed by atoms with Crippen molar-refractivity contribution in [3.8, 4) is 18.1 Å². The molecule has 0 amide bonds. The number of nitrogens with one attached hydrogen (secondary N) is 1. The van der Waals surface area contributed by atoms with Crippen molar-refractivity contribution < 1.29 is 9.84 Å². The van der Waals surface area contributed by atoms with Gasteiger partial charge in [-0.25, -0.2) is 0 Å². The monoisotopic (exact) mass is 247 g/mol. The van der Waals surface area contributed by atoms with Crippen molar-refractivity contribution in [3.05, 3.63) is 29.8 Å². The second-order valence-electron chi connectivity index (χ2n) is 4.32. The molecule has 2 atom stereocenters. The molecule has 2 unspecified atom stereocenters. The van der Waals surface area contributed by atoms with Gasteiger partial charge in [0, 0.05) is 12.6 Å². The zero-order valence-electron chi connectivity index (χ0n) is 11.0. The lowest BCUT2D eigenvalue weighted by atomic mass is 10.2. The number of aliphatic hydroxyl groups is 1. The smallest absolute Gasteiger partial charge is 0.135 e. The van der Waals surface area contributed by atoms with E-state index in [9.17, 15) is 5.11 Å². The average Bonchev–Trinajstić information content (AvgIpc) is 2.42. The van der Waals surface area contributed by atoms with Crippen molar-refractivity contribution in [2.24, 2.45) is 0 Å². The van der Waals surface area contributed by atoms with Crippen molar-refractivity contribution in [3.63, 3.8) is 0 Å². The minimum atomic E-state index is -0.537. The highest BCUT2D eigenvalue weighted by Gasteiger charge is 2.08. The van der Waals surface area contributed by atoms with Crippen LogP contribution in [0.15, 0.2) is 24.3 Å². The highest BCUT2D eigenvalue weighted by Crippen LogP contribution is 2.16. The molecule has 0 aliphatic heterocycles. The molecule has 0 aliphatic rings. The van der Waals surface area contributed by atoms with E-state index in [4.69, 9.17) is 11.2 Å². The largest absolute Gasteiger partial charge is 0.490 e. The first-order valence-corrected chi connectivity index (χ1v) is 6.27. The van der Waals surface area contributed by atoms with Gasteiger partial charge in [-0.3, -0.25) is 0 Å². The Hall–Kier alpha value is -1.50. The molecular formula is C15H21NO2. The third-order valence-electron chi connectivity index (χ3n) is 2.79. The van der Waals surface area contributed by atoms with E-state index >= 15 is 0 Å². The van der Waals surface area contributed by atoms with Gasteiger partial charge in [0.2, 0.25) is 0 Å². The maximum atomic E-state index is 9.78. The van der Waals surface area contributed by atoms with Crippen LogP contribution in [0.1, 0.15) is 25.8 Å². The molecule has 0 heterocycles. The van der Waals surface area contributed by atoms with Crippen LogP contribution in [0.2, 0.25) is 0 Å². The number of ether oxygens (including phenoxy) is 1. The number of aliphatic hydroxyl groups excluding tert-OH is 1. The molecule has 3 nitrogen and oxygen atoms in total. The normalized spacial score (nSPS) is 13.7. The van der Waals surface area contributed by atoms with Gasteiger partial charge in [-0.05, 0) is 25.5 Å². The van der Waals surface area contributed by atoms with Gasteiger partial charge in [0.15, 0.2) is 0 Å². The molecule has 0 aromatic heterocycles. The lowest BCUT2D eigenvalue weighted by Crippen LogP contribution is -2.36. The first-order chi connectivity index (χ1) is 8.67. The Morgan fingerprint density at radius 1 is 1.44 bits per heavy atom. The van der Waals surface area contributed by atoms with E-state index in [1.54, 1.807) is 0 Å². The summed E-state index contributed by atoms with van der Waals surface area (Å²) >= 11 is 0. The molecule has 18 heavy (non-hydrogen) atoms. The third kappa shape index (κ3) is 4.79. The second kappa shape index (κ2) is 7.75. The summed E-state index contributed by atoms with van der Waals surface area (Å²) < 4.78 is 5.52. The molecule has 0 bridgehead atoms. The lowest BCUT2D eigenvalue weighted by molar-refractivity contribution is 0.104. The van der Waals surface area contributed by atoms with Crippen LogP contribution >= 0.6 is 0 Å². The van der Waals surface area contributed by atoms with Crippen LogP contribution in [0.4, 0.5) is 0 Å². The predicted molar refractivity (Wildman–Crippen MR) is 73.6 cm³/mol. The average molecular weight is 247 g/mol. The molecule has 2 N–H and O–H groups in total. The Bertz CT molecular complexity index is 398. The van der Waals surface area contributed by atoms with Crippen LogP contribution < -0.4 is 10.1 Å². The summed E-state index contributed by atoms with van der Waals surface area (Å²) in [7, 11) is 0. The second-order valence-corrected chi connectivity index (χ2v) is 4.32. The van der Waals surface area contributed by atoms with E-state index in [0.29, 0.717) is 23.9 Å². The van der Waals surface area contributed by atoms with Gasteiger partial charge in [-0.1, -0.05) is 25.0 Å². The fourth-order valence-corrected chi connectivity index (χ4v) is 1.44. The molecule has 98 valence electrons. The SMILES string of the molecule is C#Cc1ccccc1OCC(O)CNC(C)CC. The van der Waals surface area contributed by atoms with Gasteiger partial charge in [0.25, 0.3) is 0 Å². The Morgan fingerprint density at radius 3 is 2.83 bits per heavy atom. The van der Waals surface area contributed by atoms with Crippen molar-refractivity contribution in [2.45, 2.75) is 32.4 Å². The van der Waals surface area contributed by atoms with Crippen LogP contribution in [0.3, 0.4) is 0 Å². The highest BCUT2D eigenvalue weighted by molar-refractivity contribution is 5.44. The van der Waals surface area contributed by atoms with Gasteiger partial charge in [0.05, 0.1) is 5.56 Å². The van der Waals surface area contributed by atoms with Gasteiger partial charge in [-0.15, -0.1) is 6.42 Å². The van der Waals surface area contributed by atoms with E-state index in [2.05, 4.69) is 25.1 Å². The highest BCUT2D eigenvalue weighted by atomic mass is 16.5. The summed E-state index contributed by atoms with van der Waals surface area (Å²) in [5.74, 6) is 3.20. The van der Waals surface area contributed by atoms with Crippen molar-refractivity contribution in [1.29, 1.82) is 0 Å². The number of terminal acetylenes is 1. The number of hydrogen-bond donors (Lipinski definition) is 2. The molecule has 0 aliphatic carbocycles. The number of hydrogen-bond acceptors (Lipinski definition) is 3. The Balaban J connectivity index is 2.38. The third-order valence-corrected chi connectivity index (χ3v) is 2.79. The summed E-state index contributed by atoms with van der Waals surface area (Å²) in [6, 6.07) is 7.75. The van der Waals surface area contributed by atoms with Gasteiger partial charge >= 0.3 is 0 Å². The van der Waals surface area contributed by atoms with Gasteiger partial charge < -0.3 is 15.2 Å². The molecule has 3 heteroatoms. The van der Waals surface area contributed by atoms with Crippen LogP contribution in [-0.4, -0.2) is 30.4 Å². The summed E-state index contributed by atoms with van der Waals surface area (Å²) in [6.07, 6.45) is 5.87. The molecule has 1 rings (SSSR count). The van der Waals surface area contributed by atoms with Crippen LogP contribution in [0.25, 0.3) is 0 Å². The van der Waals surface area contributed by atoms with Crippen LogP contribution in [0.5, 0.6) is 5.75 Å². The molecular weight excluding hydrogens is 226 g/mol. The van der Waals surface area contributed by atoms with Crippen molar-refractivity contribution >= 4 is 0 Å². The topological polar surface area (TPSA) is 41.5 Å². The van der Waals surface area contributed by atoms with E-state index < -0.39 is 6.10 Å². The molecule has 0 saturated carbocycles. The van der Waals surface area contributed by atoms with E-state index in [1.165, 1.54) is 0 Å². The minimum absolute atomic E-state index is 0.238. The molecule has 0 radical (unpaired) electrons. The van der Waals surface area contributed by atoms with E-state index in [-0.39, 0.29) is 6.61 Å². The molecule has 0 saturated heterocycles. The lowest BCUT2D eigenvalue weighted by Gasteiger charge is -2.16. The maximum absolute atomic E-state index is 9.78. The van der Waals surface area contributed by atoms with Crippen LogP contribution in [-0.2, 0) is 0 Å². The first kappa shape index (κ1) is 14.6. The number of benzene rings is 1. The zero-order chi connectivity index (χ0) is 13.4. The standard InChI is InChI=1S/C15H21NO2/c1-4-12(3)16-10-14(17)11-18-15-9-7-6-8-13(15)5-2/h2,6-9,12,14,16-17H,4,10-11H2,1,3H3. The Kier molecular flexibility index (Phi) is 6.27. The van der Waals surface area contributed by atoms with Crippen molar-refractivity contribution in [2.75, 3.05) is 13.2 Å². The van der Waals surface area contributed by atoms with Gasteiger partial charge in [-0.2, -0.15) is 0 Å².